The van der Waals surface area contributed by atoms with Crippen molar-refractivity contribution in [1.29, 1.82) is 0 Å². The van der Waals surface area contributed by atoms with E-state index in [1.165, 1.54) is 11.3 Å². The number of fused-ring (bicyclic) bond motifs is 1. The summed E-state index contributed by atoms with van der Waals surface area (Å²) in [6, 6.07) is 5.43. The minimum atomic E-state index is 0.265. The van der Waals surface area contributed by atoms with Gasteiger partial charge in [-0.1, -0.05) is 11.3 Å². The van der Waals surface area contributed by atoms with Crippen LogP contribution in [0.3, 0.4) is 0 Å². The van der Waals surface area contributed by atoms with E-state index in [-0.39, 0.29) is 6.79 Å². The molecule has 0 N–H and O–H groups in total. The van der Waals surface area contributed by atoms with Crippen LogP contribution in [0.4, 0.5) is 0 Å². The average molecular weight is 300 g/mol. The Balaban J connectivity index is 1.85. The van der Waals surface area contributed by atoms with Crippen LogP contribution in [0.15, 0.2) is 28.2 Å². The Kier molecular flexibility index (Phi) is 2.45. The highest BCUT2D eigenvalue weighted by Gasteiger charge is 2.14. The van der Waals surface area contributed by atoms with Gasteiger partial charge in [0.2, 0.25) is 6.79 Å². The molecule has 0 fully saturated rings. The van der Waals surface area contributed by atoms with Gasteiger partial charge in [0.15, 0.2) is 11.5 Å². The highest BCUT2D eigenvalue weighted by Crippen LogP contribution is 2.37. The van der Waals surface area contributed by atoms with E-state index < -0.39 is 0 Å². The maximum absolute atomic E-state index is 5.57. The van der Waals surface area contributed by atoms with E-state index in [4.69, 9.17) is 14.2 Å². The van der Waals surface area contributed by atoms with Gasteiger partial charge in [-0.25, -0.2) is 0 Å². The van der Waals surface area contributed by atoms with Crippen molar-refractivity contribution in [2.45, 2.75) is 0 Å². The molecule has 1 aromatic heterocycles. The number of hydrogen-bond donors (Lipinski definition) is 0. The van der Waals surface area contributed by atoms with Crippen LogP contribution >= 0.6 is 27.3 Å². The lowest BCUT2D eigenvalue weighted by molar-refractivity contribution is 0.174. The number of ether oxygens (including phenoxy) is 3. The quantitative estimate of drug-likeness (QED) is 0.852. The zero-order chi connectivity index (χ0) is 11.0. The lowest BCUT2D eigenvalue weighted by Crippen LogP contribution is -1.92. The van der Waals surface area contributed by atoms with Gasteiger partial charge in [0, 0.05) is 11.4 Å². The molecule has 0 bridgehead atoms. The molecule has 0 aliphatic carbocycles. The molecular formula is C10H6BrNO3S. The maximum Gasteiger partial charge on any atom is 0.279 e. The molecule has 2 heterocycles. The van der Waals surface area contributed by atoms with Crippen LogP contribution in [0.1, 0.15) is 0 Å². The second kappa shape index (κ2) is 3.95. The highest BCUT2D eigenvalue weighted by atomic mass is 79.9. The van der Waals surface area contributed by atoms with Crippen molar-refractivity contribution in [3.8, 4) is 22.4 Å². The Labute approximate surface area is 104 Å². The first-order valence-electron chi connectivity index (χ1n) is 4.50. The smallest absolute Gasteiger partial charge is 0.279 e. The summed E-state index contributed by atoms with van der Waals surface area (Å²) in [5, 5.41) is 2.45. The summed E-state index contributed by atoms with van der Waals surface area (Å²) in [4.78, 5) is 4.14. The van der Waals surface area contributed by atoms with E-state index in [1.54, 1.807) is 6.07 Å². The Morgan fingerprint density at radius 3 is 3.00 bits per heavy atom. The molecule has 2 aromatic rings. The number of nitrogens with zero attached hydrogens (tertiary/aromatic N) is 1. The molecule has 82 valence electrons. The van der Waals surface area contributed by atoms with Gasteiger partial charge in [-0.3, -0.25) is 0 Å². The third kappa shape index (κ3) is 1.85. The first-order valence-corrected chi connectivity index (χ1v) is 6.17. The van der Waals surface area contributed by atoms with Crippen LogP contribution < -0.4 is 14.2 Å². The van der Waals surface area contributed by atoms with E-state index in [0.717, 1.165) is 10.4 Å². The maximum atomic E-state index is 5.57. The van der Waals surface area contributed by atoms with Gasteiger partial charge in [0.25, 0.3) is 5.19 Å². The Morgan fingerprint density at radius 1 is 1.31 bits per heavy atom. The van der Waals surface area contributed by atoms with Crippen LogP contribution in [-0.4, -0.2) is 11.8 Å². The number of benzene rings is 1. The van der Waals surface area contributed by atoms with Crippen LogP contribution in [-0.2, 0) is 0 Å². The van der Waals surface area contributed by atoms with Crippen LogP contribution in [0.2, 0.25) is 0 Å². The van der Waals surface area contributed by atoms with Crippen LogP contribution in [0, 0.1) is 0 Å². The van der Waals surface area contributed by atoms with Crippen molar-refractivity contribution in [2.75, 3.05) is 6.79 Å². The molecule has 0 spiro atoms. The molecule has 0 radical (unpaired) electrons. The number of rotatable bonds is 2. The van der Waals surface area contributed by atoms with Crippen molar-refractivity contribution in [3.05, 3.63) is 28.2 Å². The third-order valence-electron chi connectivity index (χ3n) is 2.00. The van der Waals surface area contributed by atoms with Crippen molar-refractivity contribution in [1.82, 2.24) is 4.98 Å². The molecule has 6 heteroatoms. The molecule has 3 rings (SSSR count). The predicted molar refractivity (Wildman–Crippen MR) is 62.5 cm³/mol. The SMILES string of the molecule is Brc1csc(Oc2ccc3c(c2)OCO3)n1. The van der Waals surface area contributed by atoms with Gasteiger partial charge in [-0.05, 0) is 28.1 Å². The van der Waals surface area contributed by atoms with Crippen molar-refractivity contribution in [2.24, 2.45) is 0 Å². The fourth-order valence-corrected chi connectivity index (χ4v) is 2.43. The molecule has 0 amide bonds. The van der Waals surface area contributed by atoms with Gasteiger partial charge < -0.3 is 14.2 Å². The summed E-state index contributed by atoms with van der Waals surface area (Å²) < 4.78 is 16.8. The minimum absolute atomic E-state index is 0.265. The second-order valence-corrected chi connectivity index (χ2v) is 4.69. The van der Waals surface area contributed by atoms with Crippen molar-refractivity contribution in [3.63, 3.8) is 0 Å². The zero-order valence-electron chi connectivity index (χ0n) is 7.97. The molecule has 4 nitrogen and oxygen atoms in total. The molecular weight excluding hydrogens is 294 g/mol. The fraction of sp³-hybridized carbons (Fsp3) is 0.100. The standard InChI is InChI=1S/C10H6BrNO3S/c11-9-4-16-10(12-9)15-6-1-2-7-8(3-6)14-5-13-7/h1-4H,5H2. The van der Waals surface area contributed by atoms with E-state index in [2.05, 4.69) is 20.9 Å². The number of halogens is 1. The van der Waals surface area contributed by atoms with Gasteiger partial charge in [-0.2, -0.15) is 4.98 Å². The van der Waals surface area contributed by atoms with E-state index in [1.807, 2.05) is 17.5 Å². The zero-order valence-corrected chi connectivity index (χ0v) is 10.4. The molecule has 1 aliphatic rings. The van der Waals surface area contributed by atoms with Gasteiger partial charge >= 0.3 is 0 Å². The Bertz CT molecular complexity index is 529. The van der Waals surface area contributed by atoms with Gasteiger partial charge in [-0.15, -0.1) is 0 Å². The molecule has 0 atom stereocenters. The number of hydrogen-bond acceptors (Lipinski definition) is 5. The van der Waals surface area contributed by atoms with E-state index in [9.17, 15) is 0 Å². The van der Waals surface area contributed by atoms with Crippen molar-refractivity contribution >= 4 is 27.3 Å². The number of aromatic nitrogens is 1. The Hall–Kier alpha value is -1.27. The summed E-state index contributed by atoms with van der Waals surface area (Å²) in [5.41, 5.74) is 0. The summed E-state index contributed by atoms with van der Waals surface area (Å²) in [7, 11) is 0. The topological polar surface area (TPSA) is 40.6 Å². The largest absolute Gasteiger partial charge is 0.454 e. The summed E-state index contributed by atoms with van der Waals surface area (Å²) in [5.74, 6) is 2.13. The van der Waals surface area contributed by atoms with E-state index >= 15 is 0 Å². The van der Waals surface area contributed by atoms with Crippen LogP contribution in [0.5, 0.6) is 22.4 Å². The monoisotopic (exact) mass is 299 g/mol. The third-order valence-corrected chi connectivity index (χ3v) is 3.43. The highest BCUT2D eigenvalue weighted by molar-refractivity contribution is 9.10. The second-order valence-electron chi connectivity index (χ2n) is 3.05. The Morgan fingerprint density at radius 2 is 2.19 bits per heavy atom. The molecule has 0 unspecified atom stereocenters. The first kappa shape index (κ1) is 9.92. The predicted octanol–water partition coefficient (Wildman–Crippen LogP) is 3.43. The normalized spacial score (nSPS) is 12.8. The minimum Gasteiger partial charge on any atom is -0.454 e. The lowest BCUT2D eigenvalue weighted by Gasteiger charge is -2.02. The average Bonchev–Trinajstić information content (AvgIpc) is 2.87. The number of thiazole rings is 1. The van der Waals surface area contributed by atoms with Gasteiger partial charge in [0.1, 0.15) is 10.4 Å². The van der Waals surface area contributed by atoms with Crippen molar-refractivity contribution < 1.29 is 14.2 Å². The molecule has 16 heavy (non-hydrogen) atoms. The van der Waals surface area contributed by atoms with E-state index in [0.29, 0.717) is 16.7 Å². The lowest BCUT2D eigenvalue weighted by atomic mass is 10.3. The summed E-state index contributed by atoms with van der Waals surface area (Å²) >= 11 is 4.70. The summed E-state index contributed by atoms with van der Waals surface area (Å²) in [6.45, 7) is 0.265. The molecule has 1 aromatic carbocycles. The molecule has 0 saturated carbocycles. The molecule has 1 aliphatic heterocycles. The first-order chi connectivity index (χ1) is 7.81. The summed E-state index contributed by atoms with van der Waals surface area (Å²) in [6.07, 6.45) is 0. The molecule has 0 saturated heterocycles. The van der Waals surface area contributed by atoms with Crippen LogP contribution in [0.25, 0.3) is 0 Å². The fourth-order valence-electron chi connectivity index (χ4n) is 1.33. The van der Waals surface area contributed by atoms with Gasteiger partial charge in [0.05, 0.1) is 0 Å².